The number of anilines is 1. The Balaban J connectivity index is 2.51. The van der Waals surface area contributed by atoms with E-state index in [1.165, 1.54) is 11.1 Å². The zero-order chi connectivity index (χ0) is 11.5. The molecule has 1 N–H and O–H groups in total. The van der Waals surface area contributed by atoms with Crippen molar-refractivity contribution in [1.29, 1.82) is 0 Å². The van der Waals surface area contributed by atoms with Crippen LogP contribution in [-0.2, 0) is 0 Å². The van der Waals surface area contributed by atoms with Gasteiger partial charge in [0.2, 0.25) is 0 Å². The summed E-state index contributed by atoms with van der Waals surface area (Å²) in [6, 6.07) is 14.6. The maximum atomic E-state index is 3.47. The lowest BCUT2D eigenvalue weighted by molar-refractivity contribution is 1.48. The molecule has 82 valence electrons. The number of halogens is 2. The van der Waals surface area contributed by atoms with E-state index in [0.29, 0.717) is 0 Å². The Hall–Kier alpha value is -0.800. The molecule has 0 bridgehead atoms. The minimum absolute atomic E-state index is 1.08. The van der Waals surface area contributed by atoms with Gasteiger partial charge in [0, 0.05) is 27.2 Å². The average Bonchev–Trinajstić information content (AvgIpc) is 2.30. The normalized spacial score (nSPS) is 10.2. The van der Waals surface area contributed by atoms with E-state index in [-0.39, 0.29) is 0 Å². The van der Waals surface area contributed by atoms with Crippen molar-refractivity contribution < 1.29 is 0 Å². The van der Waals surface area contributed by atoms with Crippen molar-refractivity contribution in [1.82, 2.24) is 0 Å². The summed E-state index contributed by atoms with van der Waals surface area (Å²) in [7, 11) is 1.93. The molecule has 2 aromatic carbocycles. The van der Waals surface area contributed by atoms with Gasteiger partial charge in [-0.25, -0.2) is 0 Å². The smallest absolute Gasteiger partial charge is 0.0428 e. The Morgan fingerprint density at radius 3 is 2.12 bits per heavy atom. The minimum Gasteiger partial charge on any atom is -0.388 e. The fourth-order valence-electron chi connectivity index (χ4n) is 1.60. The van der Waals surface area contributed by atoms with Crippen LogP contribution in [0.1, 0.15) is 0 Å². The molecule has 0 heterocycles. The SMILES string of the molecule is CNc1cc(Br)ccc1-c1ccc(Br)cc1. The first-order valence-corrected chi connectivity index (χ1v) is 6.52. The summed E-state index contributed by atoms with van der Waals surface area (Å²) in [5.41, 5.74) is 3.54. The monoisotopic (exact) mass is 339 g/mol. The molecule has 0 saturated carbocycles. The van der Waals surface area contributed by atoms with Gasteiger partial charge in [0.1, 0.15) is 0 Å². The van der Waals surface area contributed by atoms with E-state index in [9.17, 15) is 0 Å². The molecular formula is C13H11Br2N. The zero-order valence-corrected chi connectivity index (χ0v) is 12.0. The third-order valence-corrected chi connectivity index (χ3v) is 3.43. The first kappa shape index (κ1) is 11.7. The summed E-state index contributed by atoms with van der Waals surface area (Å²) in [4.78, 5) is 0. The Labute approximate surface area is 112 Å². The summed E-state index contributed by atoms with van der Waals surface area (Å²) in [6.45, 7) is 0. The highest BCUT2D eigenvalue weighted by atomic mass is 79.9. The van der Waals surface area contributed by atoms with Crippen LogP contribution in [-0.4, -0.2) is 7.05 Å². The van der Waals surface area contributed by atoms with E-state index in [0.717, 1.165) is 14.6 Å². The molecule has 2 aromatic rings. The lowest BCUT2D eigenvalue weighted by Crippen LogP contribution is -1.91. The van der Waals surface area contributed by atoms with Crippen molar-refractivity contribution in [2.24, 2.45) is 0 Å². The minimum atomic E-state index is 1.08. The third-order valence-electron chi connectivity index (χ3n) is 2.41. The predicted octanol–water partition coefficient (Wildman–Crippen LogP) is 4.92. The molecular weight excluding hydrogens is 330 g/mol. The molecule has 0 atom stereocenters. The van der Waals surface area contributed by atoms with Gasteiger partial charge in [-0.3, -0.25) is 0 Å². The van der Waals surface area contributed by atoms with Gasteiger partial charge in [0.05, 0.1) is 0 Å². The molecule has 0 aromatic heterocycles. The molecule has 0 aliphatic rings. The molecule has 16 heavy (non-hydrogen) atoms. The number of benzene rings is 2. The van der Waals surface area contributed by atoms with Crippen molar-refractivity contribution in [3.05, 3.63) is 51.4 Å². The summed E-state index contributed by atoms with van der Waals surface area (Å²) < 4.78 is 2.18. The number of hydrogen-bond acceptors (Lipinski definition) is 1. The van der Waals surface area contributed by atoms with E-state index in [1.807, 2.05) is 7.05 Å². The van der Waals surface area contributed by atoms with Crippen LogP contribution in [0.3, 0.4) is 0 Å². The Morgan fingerprint density at radius 2 is 1.50 bits per heavy atom. The van der Waals surface area contributed by atoms with Crippen molar-refractivity contribution in [3.63, 3.8) is 0 Å². The standard InChI is InChI=1S/C13H11Br2N/c1-16-13-8-11(15)6-7-12(13)9-2-4-10(14)5-3-9/h2-8,16H,1H3. The van der Waals surface area contributed by atoms with Crippen LogP contribution in [0.5, 0.6) is 0 Å². The molecule has 3 heteroatoms. The maximum Gasteiger partial charge on any atom is 0.0428 e. The molecule has 0 amide bonds. The Bertz CT molecular complexity index is 492. The zero-order valence-electron chi connectivity index (χ0n) is 8.80. The molecule has 2 rings (SSSR count). The molecule has 0 aliphatic heterocycles. The third kappa shape index (κ3) is 2.47. The van der Waals surface area contributed by atoms with Crippen LogP contribution in [0.2, 0.25) is 0 Å². The second-order valence-electron chi connectivity index (χ2n) is 3.45. The van der Waals surface area contributed by atoms with Gasteiger partial charge in [-0.2, -0.15) is 0 Å². The average molecular weight is 341 g/mol. The molecule has 0 aliphatic carbocycles. The predicted molar refractivity (Wildman–Crippen MR) is 76.8 cm³/mol. The van der Waals surface area contributed by atoms with E-state index >= 15 is 0 Å². The lowest BCUT2D eigenvalue weighted by Gasteiger charge is -2.10. The molecule has 0 saturated heterocycles. The summed E-state index contributed by atoms with van der Waals surface area (Å²) >= 11 is 6.92. The van der Waals surface area contributed by atoms with Gasteiger partial charge in [-0.1, -0.05) is 50.1 Å². The topological polar surface area (TPSA) is 12.0 Å². The van der Waals surface area contributed by atoms with E-state index in [2.05, 4.69) is 79.6 Å². The van der Waals surface area contributed by atoms with Crippen LogP contribution >= 0.6 is 31.9 Å². The second-order valence-corrected chi connectivity index (χ2v) is 5.28. The highest BCUT2D eigenvalue weighted by Gasteiger charge is 2.04. The van der Waals surface area contributed by atoms with E-state index < -0.39 is 0 Å². The van der Waals surface area contributed by atoms with E-state index in [4.69, 9.17) is 0 Å². The van der Waals surface area contributed by atoms with Gasteiger partial charge in [-0.05, 0) is 29.8 Å². The Kier molecular flexibility index (Phi) is 3.66. The van der Waals surface area contributed by atoms with Crippen molar-refractivity contribution >= 4 is 37.5 Å². The fraction of sp³-hybridized carbons (Fsp3) is 0.0769. The van der Waals surface area contributed by atoms with Crippen LogP contribution in [0.15, 0.2) is 51.4 Å². The summed E-state index contributed by atoms with van der Waals surface area (Å²) in [5, 5.41) is 3.21. The first-order valence-electron chi connectivity index (χ1n) is 4.94. The van der Waals surface area contributed by atoms with Gasteiger partial charge >= 0.3 is 0 Å². The first-order chi connectivity index (χ1) is 7.70. The Morgan fingerprint density at radius 1 is 0.875 bits per heavy atom. The summed E-state index contributed by atoms with van der Waals surface area (Å²) in [5.74, 6) is 0. The molecule has 0 fully saturated rings. The van der Waals surface area contributed by atoms with Crippen LogP contribution in [0, 0.1) is 0 Å². The number of rotatable bonds is 2. The maximum absolute atomic E-state index is 3.47. The highest BCUT2D eigenvalue weighted by molar-refractivity contribution is 9.10. The van der Waals surface area contributed by atoms with Crippen LogP contribution in [0.25, 0.3) is 11.1 Å². The highest BCUT2D eigenvalue weighted by Crippen LogP contribution is 2.31. The van der Waals surface area contributed by atoms with Crippen LogP contribution < -0.4 is 5.32 Å². The van der Waals surface area contributed by atoms with Crippen molar-refractivity contribution in [3.8, 4) is 11.1 Å². The van der Waals surface area contributed by atoms with Gasteiger partial charge in [0.15, 0.2) is 0 Å². The quantitative estimate of drug-likeness (QED) is 0.818. The molecule has 1 nitrogen and oxygen atoms in total. The van der Waals surface area contributed by atoms with Gasteiger partial charge < -0.3 is 5.32 Å². The van der Waals surface area contributed by atoms with Gasteiger partial charge in [0.25, 0.3) is 0 Å². The number of nitrogens with one attached hydrogen (secondary N) is 1. The van der Waals surface area contributed by atoms with E-state index in [1.54, 1.807) is 0 Å². The van der Waals surface area contributed by atoms with Crippen molar-refractivity contribution in [2.75, 3.05) is 12.4 Å². The second kappa shape index (κ2) is 5.02. The molecule has 0 radical (unpaired) electrons. The molecule has 0 spiro atoms. The largest absolute Gasteiger partial charge is 0.388 e. The molecule has 0 unspecified atom stereocenters. The van der Waals surface area contributed by atoms with Crippen LogP contribution in [0.4, 0.5) is 5.69 Å². The van der Waals surface area contributed by atoms with Crippen molar-refractivity contribution in [2.45, 2.75) is 0 Å². The summed E-state index contributed by atoms with van der Waals surface area (Å²) in [6.07, 6.45) is 0. The van der Waals surface area contributed by atoms with Gasteiger partial charge in [-0.15, -0.1) is 0 Å². The number of hydrogen-bond donors (Lipinski definition) is 1. The lowest BCUT2D eigenvalue weighted by atomic mass is 10.0. The fourth-order valence-corrected chi connectivity index (χ4v) is 2.23.